The third-order valence-electron chi connectivity index (χ3n) is 5.67. The van der Waals surface area contributed by atoms with E-state index in [1.54, 1.807) is 0 Å². The van der Waals surface area contributed by atoms with Crippen molar-refractivity contribution in [3.05, 3.63) is 65.2 Å². The standard InChI is InChI=1S/C22H22N2O4/c25-20(10-9-16-11-15-6-3-4-8-18(15)23-21(16)26)24-13-17-7-2-1-5-14(17)12-19(24)22(27)28/h1-8,16,19H,9-13H2,(H,23,26)(H,27,28)/t16-,19-/m0/s1. The van der Waals surface area contributed by atoms with Crippen LogP contribution in [0, 0.1) is 5.92 Å². The van der Waals surface area contributed by atoms with Gasteiger partial charge in [-0.25, -0.2) is 4.79 Å². The predicted octanol–water partition coefficient (Wildman–Crippen LogP) is 2.62. The summed E-state index contributed by atoms with van der Waals surface area (Å²) in [5.41, 5.74) is 3.85. The average Bonchev–Trinajstić information content (AvgIpc) is 2.70. The van der Waals surface area contributed by atoms with Crippen molar-refractivity contribution in [1.29, 1.82) is 0 Å². The zero-order valence-electron chi connectivity index (χ0n) is 15.4. The van der Waals surface area contributed by atoms with Gasteiger partial charge in [-0.2, -0.15) is 0 Å². The highest BCUT2D eigenvalue weighted by atomic mass is 16.4. The van der Waals surface area contributed by atoms with Crippen LogP contribution in [-0.2, 0) is 33.8 Å². The van der Waals surface area contributed by atoms with Gasteiger partial charge < -0.3 is 15.3 Å². The largest absolute Gasteiger partial charge is 0.480 e. The third kappa shape index (κ3) is 3.50. The molecule has 6 heteroatoms. The molecule has 2 atom stereocenters. The third-order valence-corrected chi connectivity index (χ3v) is 5.67. The lowest BCUT2D eigenvalue weighted by Crippen LogP contribution is -2.48. The Morgan fingerprint density at radius 2 is 1.68 bits per heavy atom. The number of amides is 2. The summed E-state index contributed by atoms with van der Waals surface area (Å²) in [6, 6.07) is 14.4. The number of carbonyl (C=O) groups is 3. The van der Waals surface area contributed by atoms with E-state index in [1.165, 1.54) is 4.90 Å². The molecule has 0 saturated heterocycles. The Kier molecular flexibility index (Phi) is 4.86. The van der Waals surface area contributed by atoms with Crippen molar-refractivity contribution in [3.8, 4) is 0 Å². The van der Waals surface area contributed by atoms with Gasteiger partial charge in [0.25, 0.3) is 0 Å². The molecule has 0 bridgehead atoms. The van der Waals surface area contributed by atoms with Gasteiger partial charge in [0.05, 0.1) is 0 Å². The molecule has 0 aliphatic carbocycles. The number of nitrogens with one attached hydrogen (secondary N) is 1. The first-order valence-corrected chi connectivity index (χ1v) is 9.51. The maximum atomic E-state index is 12.8. The van der Waals surface area contributed by atoms with E-state index in [1.807, 2.05) is 48.5 Å². The maximum absolute atomic E-state index is 12.8. The zero-order chi connectivity index (χ0) is 19.7. The van der Waals surface area contributed by atoms with Gasteiger partial charge >= 0.3 is 5.97 Å². The van der Waals surface area contributed by atoms with E-state index < -0.39 is 12.0 Å². The van der Waals surface area contributed by atoms with Crippen LogP contribution < -0.4 is 5.32 Å². The van der Waals surface area contributed by atoms with E-state index >= 15 is 0 Å². The summed E-state index contributed by atoms with van der Waals surface area (Å²) in [5.74, 6) is -1.56. The highest BCUT2D eigenvalue weighted by molar-refractivity contribution is 5.96. The molecular weight excluding hydrogens is 356 g/mol. The summed E-state index contributed by atoms with van der Waals surface area (Å²) in [5, 5.41) is 12.5. The van der Waals surface area contributed by atoms with E-state index in [0.29, 0.717) is 25.8 Å². The number of fused-ring (bicyclic) bond motifs is 2. The lowest BCUT2D eigenvalue weighted by atomic mass is 9.89. The normalized spacial score (nSPS) is 20.7. The Balaban J connectivity index is 1.44. The van der Waals surface area contributed by atoms with Crippen LogP contribution >= 0.6 is 0 Å². The van der Waals surface area contributed by atoms with Crippen LogP contribution in [0.2, 0.25) is 0 Å². The minimum absolute atomic E-state index is 0.0784. The van der Waals surface area contributed by atoms with Crippen molar-refractivity contribution in [1.82, 2.24) is 4.90 Å². The van der Waals surface area contributed by atoms with Crippen LogP contribution in [0.5, 0.6) is 0 Å². The average molecular weight is 378 g/mol. The predicted molar refractivity (Wildman–Crippen MR) is 104 cm³/mol. The summed E-state index contributed by atoms with van der Waals surface area (Å²) in [6.45, 7) is 0.297. The second kappa shape index (κ2) is 7.46. The fourth-order valence-corrected chi connectivity index (χ4v) is 4.09. The number of anilines is 1. The van der Waals surface area contributed by atoms with Crippen molar-refractivity contribution < 1.29 is 19.5 Å². The molecule has 0 fully saturated rings. The quantitative estimate of drug-likeness (QED) is 0.856. The minimum Gasteiger partial charge on any atom is -0.480 e. The summed E-state index contributed by atoms with van der Waals surface area (Å²) in [6.07, 6.45) is 1.48. The molecule has 6 nitrogen and oxygen atoms in total. The van der Waals surface area contributed by atoms with E-state index in [2.05, 4.69) is 5.32 Å². The zero-order valence-corrected chi connectivity index (χ0v) is 15.4. The summed E-state index contributed by atoms with van der Waals surface area (Å²) < 4.78 is 0. The first-order valence-electron chi connectivity index (χ1n) is 9.51. The number of benzene rings is 2. The maximum Gasteiger partial charge on any atom is 0.326 e. The Morgan fingerprint density at radius 3 is 2.43 bits per heavy atom. The molecule has 2 aromatic carbocycles. The molecule has 0 spiro atoms. The van der Waals surface area contributed by atoms with Crippen molar-refractivity contribution in [3.63, 3.8) is 0 Å². The summed E-state index contributed by atoms with van der Waals surface area (Å²) in [4.78, 5) is 38.4. The minimum atomic E-state index is -0.993. The number of hydrogen-bond donors (Lipinski definition) is 2. The van der Waals surface area contributed by atoms with E-state index in [4.69, 9.17) is 0 Å². The Hall–Kier alpha value is -3.15. The second-order valence-corrected chi connectivity index (χ2v) is 7.43. The molecule has 0 aromatic heterocycles. The van der Waals surface area contributed by atoms with Crippen LogP contribution in [0.3, 0.4) is 0 Å². The molecule has 0 unspecified atom stereocenters. The SMILES string of the molecule is O=C1Nc2ccccc2C[C@@H]1CCC(=O)N1Cc2ccccc2C[C@H]1C(=O)O. The summed E-state index contributed by atoms with van der Waals surface area (Å²) >= 11 is 0. The van der Waals surface area contributed by atoms with Crippen LogP contribution in [0.15, 0.2) is 48.5 Å². The number of nitrogens with zero attached hydrogens (tertiary/aromatic N) is 1. The van der Waals surface area contributed by atoms with E-state index in [9.17, 15) is 19.5 Å². The molecule has 2 amide bonds. The number of aliphatic carboxylic acids is 1. The van der Waals surface area contributed by atoms with E-state index in [0.717, 1.165) is 22.4 Å². The van der Waals surface area contributed by atoms with Gasteiger partial charge in [-0.1, -0.05) is 42.5 Å². The molecule has 4 rings (SSSR count). The van der Waals surface area contributed by atoms with Crippen LogP contribution in [0.1, 0.15) is 29.5 Å². The van der Waals surface area contributed by atoms with Crippen molar-refractivity contribution in [2.75, 3.05) is 5.32 Å². The Labute approximate surface area is 163 Å². The molecule has 2 aromatic rings. The molecule has 0 saturated carbocycles. The van der Waals surface area contributed by atoms with Gasteiger partial charge in [0, 0.05) is 31.0 Å². The van der Waals surface area contributed by atoms with Crippen molar-refractivity contribution in [2.24, 2.45) is 5.92 Å². The van der Waals surface area contributed by atoms with Crippen molar-refractivity contribution >= 4 is 23.5 Å². The Morgan fingerprint density at radius 1 is 1.00 bits per heavy atom. The number of carboxylic acids is 1. The number of para-hydroxylation sites is 1. The number of carboxylic acid groups (broad SMARTS) is 1. The highest BCUT2D eigenvalue weighted by Crippen LogP contribution is 2.29. The highest BCUT2D eigenvalue weighted by Gasteiger charge is 2.35. The number of carbonyl (C=O) groups excluding carboxylic acids is 2. The molecule has 2 N–H and O–H groups in total. The second-order valence-electron chi connectivity index (χ2n) is 7.43. The monoisotopic (exact) mass is 378 g/mol. The molecule has 2 aliphatic rings. The van der Waals surface area contributed by atoms with Crippen LogP contribution in [0.4, 0.5) is 5.69 Å². The lowest BCUT2D eigenvalue weighted by molar-refractivity contribution is -0.151. The first-order chi connectivity index (χ1) is 13.5. The fourth-order valence-electron chi connectivity index (χ4n) is 4.09. The fraction of sp³-hybridized carbons (Fsp3) is 0.318. The van der Waals surface area contributed by atoms with Crippen LogP contribution in [-0.4, -0.2) is 33.8 Å². The van der Waals surface area contributed by atoms with Crippen molar-refractivity contribution in [2.45, 2.75) is 38.3 Å². The molecule has 2 aliphatic heterocycles. The van der Waals surface area contributed by atoms with E-state index in [-0.39, 0.29) is 24.2 Å². The van der Waals surface area contributed by atoms with Gasteiger partial charge in [-0.15, -0.1) is 0 Å². The number of rotatable bonds is 4. The van der Waals surface area contributed by atoms with Gasteiger partial charge in [0.15, 0.2) is 0 Å². The molecule has 144 valence electrons. The molecule has 28 heavy (non-hydrogen) atoms. The van der Waals surface area contributed by atoms with Crippen LogP contribution in [0.25, 0.3) is 0 Å². The summed E-state index contributed by atoms with van der Waals surface area (Å²) in [7, 11) is 0. The van der Waals surface area contributed by atoms with Gasteiger partial charge in [-0.05, 0) is 35.6 Å². The molecular formula is C22H22N2O4. The van der Waals surface area contributed by atoms with Gasteiger partial charge in [0.2, 0.25) is 11.8 Å². The smallest absolute Gasteiger partial charge is 0.326 e. The lowest BCUT2D eigenvalue weighted by Gasteiger charge is -2.35. The van der Waals surface area contributed by atoms with Gasteiger partial charge in [-0.3, -0.25) is 9.59 Å². The molecule has 0 radical (unpaired) electrons. The first kappa shape index (κ1) is 18.2. The molecule has 2 heterocycles. The Bertz CT molecular complexity index is 940. The topological polar surface area (TPSA) is 86.7 Å². The van der Waals surface area contributed by atoms with Gasteiger partial charge in [0.1, 0.15) is 6.04 Å². The number of hydrogen-bond acceptors (Lipinski definition) is 3.